The first-order chi connectivity index (χ1) is 26.9. The molecular weight excluding hydrogens is 781 g/mol. The van der Waals surface area contributed by atoms with E-state index in [1.807, 2.05) is 0 Å². The average molecular weight is 922 g/mol. The fourth-order valence-corrected chi connectivity index (χ4v) is 16.3. The summed E-state index contributed by atoms with van der Waals surface area (Å²) in [7, 11) is 0. The first-order valence-corrected chi connectivity index (χ1v) is 26.9. The zero-order chi connectivity index (χ0) is 38.4. The highest BCUT2D eigenvalue weighted by atomic mass is 14.4. The molecule has 400 valence electrons. The molecule has 0 heteroatoms. The van der Waals surface area contributed by atoms with Crippen LogP contribution < -0.4 is 0 Å². The molecule has 10 atom stereocenters. The second kappa shape index (κ2) is 39.7. The minimum Gasteiger partial charge on any atom is -0.0776 e. The highest BCUT2D eigenvalue weighted by Crippen LogP contribution is 2.47. The summed E-state index contributed by atoms with van der Waals surface area (Å²) in [5.41, 5.74) is 0. The second-order valence-corrected chi connectivity index (χ2v) is 23.1. The van der Waals surface area contributed by atoms with E-state index in [4.69, 9.17) is 0 Å². The molecule has 10 unspecified atom stereocenters. The molecule has 0 heterocycles. The lowest BCUT2D eigenvalue weighted by Crippen LogP contribution is -2.13. The molecule has 10 aliphatic carbocycles. The van der Waals surface area contributed by atoms with Crippen LogP contribution in [0.5, 0.6) is 0 Å². The minimum atomic E-state index is 0. The van der Waals surface area contributed by atoms with Crippen molar-refractivity contribution in [3.63, 3.8) is 0 Å². The van der Waals surface area contributed by atoms with Crippen molar-refractivity contribution >= 4 is 0 Å². The summed E-state index contributed by atoms with van der Waals surface area (Å²) < 4.78 is 0. The van der Waals surface area contributed by atoms with E-state index in [2.05, 4.69) is 34.6 Å². The lowest BCUT2D eigenvalue weighted by atomic mass is 9.84. The van der Waals surface area contributed by atoms with Crippen molar-refractivity contribution in [1.82, 2.24) is 0 Å². The van der Waals surface area contributed by atoms with Gasteiger partial charge in [-0.05, 0) is 121 Å². The molecule has 10 rings (SSSR count). The van der Waals surface area contributed by atoms with E-state index in [1.165, 1.54) is 128 Å². The second-order valence-electron chi connectivity index (χ2n) is 23.1. The number of hydrogen-bond acceptors (Lipinski definition) is 0. The zero-order valence-electron chi connectivity index (χ0n) is 38.4. The van der Waals surface area contributed by atoms with Crippen LogP contribution in [0.2, 0.25) is 0 Å². The molecule has 0 aromatic rings. The quantitative estimate of drug-likeness (QED) is 0.258. The Hall–Kier alpha value is 0. The third kappa shape index (κ3) is 22.3. The summed E-state index contributed by atoms with van der Waals surface area (Å²) in [6.45, 7) is 12.3. The first-order valence-electron chi connectivity index (χ1n) is 26.9. The molecule has 0 aromatic heterocycles. The summed E-state index contributed by atoms with van der Waals surface area (Å²) >= 11 is 0. The molecule has 0 saturated heterocycles. The predicted molar refractivity (Wildman–Crippen MR) is 310 cm³/mol. The van der Waals surface area contributed by atoms with E-state index in [-0.39, 0.29) is 74.3 Å². The summed E-state index contributed by atoms with van der Waals surface area (Å²) in [6.07, 6.45) is 53.6. The van der Waals surface area contributed by atoms with Gasteiger partial charge in [0.2, 0.25) is 0 Å². The fraction of sp³-hybridized carbons (Fsp3) is 1.00. The van der Waals surface area contributed by atoms with Crippen molar-refractivity contribution in [1.29, 1.82) is 0 Å². The van der Waals surface area contributed by atoms with Gasteiger partial charge < -0.3 is 0 Å². The van der Waals surface area contributed by atoms with Gasteiger partial charge in [0.25, 0.3) is 0 Å². The Morgan fingerprint density at radius 2 is 0.277 bits per heavy atom. The van der Waals surface area contributed by atoms with Crippen LogP contribution in [0.4, 0.5) is 0 Å². The number of hydrogen-bond donors (Lipinski definition) is 0. The van der Waals surface area contributed by atoms with Crippen LogP contribution in [0.15, 0.2) is 0 Å². The van der Waals surface area contributed by atoms with Gasteiger partial charge in [-0.2, -0.15) is 0 Å². The van der Waals surface area contributed by atoms with Crippen molar-refractivity contribution in [2.75, 3.05) is 0 Å². The van der Waals surface area contributed by atoms with Gasteiger partial charge >= 0.3 is 0 Å². The standard InChI is InChI=1S/5C11H20.10CH4/c5*1-9-5-4-8-11(9)10-6-2-3-7-10;;;;;;;;;;/h5*9-11H,2-8H2,1H3;10*1H4. The Balaban J connectivity index is -0.000000222. The maximum Gasteiger partial charge on any atom is -0.0360 e. The molecule has 0 nitrogen and oxygen atoms in total. The molecule has 0 spiro atoms. The van der Waals surface area contributed by atoms with Gasteiger partial charge in [-0.15, -0.1) is 0 Å². The SMILES string of the molecule is C.C.C.C.C.C.C.C.C.C.CC1CCCC1C1CCCC1.CC1CCCC1C1CCCC1.CC1CCCC1C1CCCC1.CC1CCCC1C1CCCC1.CC1CCCC1C1CCCC1. The zero-order valence-corrected chi connectivity index (χ0v) is 38.4. The van der Waals surface area contributed by atoms with Crippen LogP contribution in [0.25, 0.3) is 0 Å². The maximum atomic E-state index is 2.47. The van der Waals surface area contributed by atoms with E-state index in [0.29, 0.717) is 0 Å². The van der Waals surface area contributed by atoms with Gasteiger partial charge in [0, 0.05) is 0 Å². The number of rotatable bonds is 5. The van der Waals surface area contributed by atoms with E-state index in [0.717, 1.165) is 88.8 Å². The molecule has 10 fully saturated rings. The Kier molecular flexibility index (Phi) is 45.2. The molecule has 10 saturated carbocycles. The molecule has 65 heavy (non-hydrogen) atoms. The minimum absolute atomic E-state index is 0. The Morgan fingerprint density at radius 1 is 0.154 bits per heavy atom. The molecule has 0 aliphatic heterocycles. The Labute approximate surface area is 420 Å². The summed E-state index contributed by atoms with van der Waals surface area (Å²) in [4.78, 5) is 0. The van der Waals surface area contributed by atoms with Crippen molar-refractivity contribution in [3.05, 3.63) is 0 Å². The lowest BCUT2D eigenvalue weighted by molar-refractivity contribution is 0.280. The van der Waals surface area contributed by atoms with E-state index in [1.54, 1.807) is 96.3 Å². The third-order valence-electron chi connectivity index (χ3n) is 19.7. The summed E-state index contributed by atoms with van der Waals surface area (Å²) in [5.74, 6) is 16.5. The monoisotopic (exact) mass is 921 g/mol. The lowest BCUT2D eigenvalue weighted by Gasteiger charge is -2.22. The third-order valence-corrected chi connectivity index (χ3v) is 19.7. The average Bonchev–Trinajstić information content (AvgIpc) is 4.03. The van der Waals surface area contributed by atoms with Crippen molar-refractivity contribution in [3.8, 4) is 0 Å². The summed E-state index contributed by atoms with van der Waals surface area (Å²) in [6, 6.07) is 0. The van der Waals surface area contributed by atoms with Gasteiger partial charge in [0.1, 0.15) is 0 Å². The fourth-order valence-electron chi connectivity index (χ4n) is 16.3. The molecule has 0 amide bonds. The molecule has 10 aliphatic rings. The van der Waals surface area contributed by atoms with Crippen molar-refractivity contribution in [2.45, 2.75) is 334 Å². The van der Waals surface area contributed by atoms with Crippen LogP contribution in [0.1, 0.15) is 334 Å². The van der Waals surface area contributed by atoms with Crippen LogP contribution in [-0.2, 0) is 0 Å². The van der Waals surface area contributed by atoms with Crippen LogP contribution in [0.3, 0.4) is 0 Å². The topological polar surface area (TPSA) is 0 Å². The highest BCUT2D eigenvalue weighted by molar-refractivity contribution is 4.87. The highest BCUT2D eigenvalue weighted by Gasteiger charge is 2.35. The Morgan fingerprint density at radius 3 is 0.369 bits per heavy atom. The van der Waals surface area contributed by atoms with Crippen LogP contribution in [0, 0.1) is 88.8 Å². The van der Waals surface area contributed by atoms with Gasteiger partial charge in [0.15, 0.2) is 0 Å². The van der Waals surface area contributed by atoms with E-state index >= 15 is 0 Å². The van der Waals surface area contributed by atoms with Crippen molar-refractivity contribution < 1.29 is 0 Å². The summed E-state index contributed by atoms with van der Waals surface area (Å²) in [5, 5.41) is 0. The molecule has 0 N–H and O–H groups in total. The van der Waals surface area contributed by atoms with E-state index < -0.39 is 0 Å². The maximum absolute atomic E-state index is 2.47. The molecular formula is C65H140. The van der Waals surface area contributed by atoms with Gasteiger partial charge in [-0.25, -0.2) is 0 Å². The smallest absolute Gasteiger partial charge is 0.0360 e. The van der Waals surface area contributed by atoms with Crippen molar-refractivity contribution in [2.24, 2.45) is 88.8 Å². The van der Waals surface area contributed by atoms with Gasteiger partial charge in [-0.1, -0.05) is 302 Å². The molecule has 0 aromatic carbocycles. The predicted octanol–water partition coefficient (Wildman–Crippen LogP) is 24.4. The Bertz CT molecular complexity index is 796. The van der Waals surface area contributed by atoms with Gasteiger partial charge in [-0.3, -0.25) is 0 Å². The van der Waals surface area contributed by atoms with Crippen LogP contribution in [-0.4, -0.2) is 0 Å². The van der Waals surface area contributed by atoms with Crippen LogP contribution >= 0.6 is 0 Å². The van der Waals surface area contributed by atoms with E-state index in [9.17, 15) is 0 Å². The van der Waals surface area contributed by atoms with Gasteiger partial charge in [0.05, 0.1) is 0 Å². The molecule has 0 bridgehead atoms. The molecule has 0 radical (unpaired) electrons. The normalized spacial score (nSPS) is 33.9. The largest absolute Gasteiger partial charge is 0.0776 e. The first kappa shape index (κ1) is 74.0.